The molecule has 0 unspecified atom stereocenters. The molecule has 0 amide bonds. The van der Waals surface area contributed by atoms with Crippen LogP contribution in [0.3, 0.4) is 0 Å². The van der Waals surface area contributed by atoms with E-state index in [-0.39, 0.29) is 0 Å². The van der Waals surface area contributed by atoms with Crippen LogP contribution in [0.25, 0.3) is 0 Å². The van der Waals surface area contributed by atoms with Gasteiger partial charge in [0, 0.05) is 6.42 Å². The molecule has 0 bridgehead atoms. The maximum absolute atomic E-state index is 9.75. The van der Waals surface area contributed by atoms with Crippen LogP contribution in [0, 0.1) is 11.6 Å². The fraction of sp³-hybridized carbons (Fsp3) is 0.167. The van der Waals surface area contributed by atoms with E-state index in [1.54, 1.807) is 0 Å². The van der Waals surface area contributed by atoms with Gasteiger partial charge < -0.3 is 17.3 Å². The van der Waals surface area contributed by atoms with Crippen molar-refractivity contribution in [3.63, 3.8) is 0 Å². The number of hydrogen-bond donors (Lipinski definition) is 0. The van der Waals surface area contributed by atoms with Gasteiger partial charge >= 0.3 is 7.25 Å². The Hall–Kier alpha value is -2.57. The lowest BCUT2D eigenvalue weighted by atomic mass is 10.3. The van der Waals surface area contributed by atoms with E-state index >= 15 is 0 Å². The van der Waals surface area contributed by atoms with E-state index < -0.39 is 14.5 Å². The van der Waals surface area contributed by atoms with Crippen molar-refractivity contribution in [2.24, 2.45) is 0 Å². The summed E-state index contributed by atoms with van der Waals surface area (Å²) in [6.07, 6.45) is 3.30. The molecule has 0 fully saturated rings. The van der Waals surface area contributed by atoms with Crippen molar-refractivity contribution in [3.8, 4) is 11.6 Å². The molecule has 0 saturated heterocycles. The maximum atomic E-state index is 9.75. The molecule has 0 saturated carbocycles. The molecule has 0 radical (unpaired) electrons. The van der Waals surface area contributed by atoms with Crippen LogP contribution < -0.4 is 15.9 Å². The molecule has 0 heterocycles. The van der Waals surface area contributed by atoms with Crippen molar-refractivity contribution in [2.45, 2.75) is 26.2 Å². The molecule has 3 aromatic carbocycles. The highest BCUT2D eigenvalue weighted by Crippen LogP contribution is 2.54. The third-order valence-corrected chi connectivity index (χ3v) is 8.04. The van der Waals surface area contributed by atoms with Gasteiger partial charge in [0.05, 0.1) is 5.66 Å². The van der Waals surface area contributed by atoms with Crippen molar-refractivity contribution in [2.75, 3.05) is 0 Å². The van der Waals surface area contributed by atoms with Crippen LogP contribution in [0.2, 0.25) is 0 Å². The van der Waals surface area contributed by atoms with E-state index in [0.29, 0.717) is 0 Å². The second kappa shape index (κ2) is 11.6. The third-order valence-electron chi connectivity index (χ3n) is 4.33. The summed E-state index contributed by atoms with van der Waals surface area (Å²) < 4.78 is 39.0. The summed E-state index contributed by atoms with van der Waals surface area (Å²) >= 11 is 0. The number of rotatable bonds is 5. The molecule has 0 N–H and O–H groups in total. The van der Waals surface area contributed by atoms with Gasteiger partial charge in [-0.25, -0.2) is 0 Å². The Bertz CT molecular complexity index is 830. The average Bonchev–Trinajstić information content (AvgIpc) is 2.75. The van der Waals surface area contributed by atoms with Crippen LogP contribution in [0.5, 0.6) is 0 Å². The zero-order valence-electron chi connectivity index (χ0n) is 16.8. The van der Waals surface area contributed by atoms with Gasteiger partial charge in [-0.2, -0.15) is 0 Å². The Morgan fingerprint density at radius 2 is 1.00 bits per heavy atom. The first-order valence-corrected chi connectivity index (χ1v) is 11.6. The minimum atomic E-state index is -6.00. The van der Waals surface area contributed by atoms with Crippen molar-refractivity contribution in [3.05, 3.63) is 91.0 Å². The molecule has 3 rings (SSSR count). The van der Waals surface area contributed by atoms with Crippen molar-refractivity contribution in [1.82, 2.24) is 0 Å². The van der Waals surface area contributed by atoms with E-state index in [0.717, 1.165) is 12.8 Å². The normalized spacial score (nSPS) is 11.0. The summed E-state index contributed by atoms with van der Waals surface area (Å²) in [5, 5.41) is 3.99. The lowest BCUT2D eigenvalue weighted by Gasteiger charge is -2.21. The molecule has 6 heteroatoms. The van der Waals surface area contributed by atoms with Crippen molar-refractivity contribution in [1.29, 1.82) is 0 Å². The number of hydrogen-bond acceptors (Lipinski definition) is 0. The van der Waals surface area contributed by atoms with Crippen LogP contribution in [-0.4, -0.2) is 7.25 Å². The summed E-state index contributed by atoms with van der Waals surface area (Å²) in [6.45, 7) is 2.22. The second-order valence-corrected chi connectivity index (χ2v) is 9.68. The predicted molar refractivity (Wildman–Crippen MR) is 123 cm³/mol. The highest BCUT2D eigenvalue weighted by Gasteiger charge is 2.44. The molecule has 156 valence electrons. The zero-order chi connectivity index (χ0) is 21.9. The van der Waals surface area contributed by atoms with Gasteiger partial charge in [-0.05, 0) is 42.8 Å². The minimum absolute atomic E-state index is 0.963. The monoisotopic (exact) mass is 430 g/mol. The van der Waals surface area contributed by atoms with E-state index in [9.17, 15) is 17.3 Å². The van der Waals surface area contributed by atoms with Gasteiger partial charge in [-0.15, -0.1) is 0 Å². The van der Waals surface area contributed by atoms with E-state index in [1.165, 1.54) is 22.3 Å². The first-order chi connectivity index (χ1) is 14.4. The lowest BCUT2D eigenvalue weighted by molar-refractivity contribution is 0.368. The summed E-state index contributed by atoms with van der Waals surface area (Å²) in [5.74, 6) is 3.52. The molecule has 0 aliphatic rings. The molecule has 30 heavy (non-hydrogen) atoms. The smallest absolute Gasteiger partial charge is 0.418 e. The lowest BCUT2D eigenvalue weighted by Crippen LogP contribution is -2.29. The largest absolute Gasteiger partial charge is 0.673 e. The van der Waals surface area contributed by atoms with E-state index in [1.807, 2.05) is 0 Å². The first kappa shape index (κ1) is 23.7. The molecule has 0 spiro atoms. The molecule has 0 nitrogen and oxygen atoms in total. The van der Waals surface area contributed by atoms with Crippen LogP contribution in [0.1, 0.15) is 26.2 Å². The predicted octanol–water partition coefficient (Wildman–Crippen LogP) is 6.43. The average molecular weight is 430 g/mol. The fourth-order valence-corrected chi connectivity index (χ4v) is 6.52. The first-order valence-electron chi connectivity index (χ1n) is 9.81. The topological polar surface area (TPSA) is 0 Å². The van der Waals surface area contributed by atoms with E-state index in [2.05, 4.69) is 110 Å². The van der Waals surface area contributed by atoms with Gasteiger partial charge in [0.1, 0.15) is 15.9 Å². The Labute approximate surface area is 176 Å². The SMILES string of the molecule is CCCCC#C[P+](c1ccccc1)(c1ccccc1)c1ccccc1.F[B-](F)(F)F. The van der Waals surface area contributed by atoms with E-state index in [4.69, 9.17) is 0 Å². The van der Waals surface area contributed by atoms with Crippen LogP contribution >= 0.6 is 7.26 Å². The Morgan fingerprint density at radius 3 is 1.30 bits per heavy atom. The molecular weight excluding hydrogens is 406 g/mol. The van der Waals surface area contributed by atoms with Gasteiger partial charge in [0.25, 0.3) is 0 Å². The van der Waals surface area contributed by atoms with Crippen LogP contribution in [-0.2, 0) is 0 Å². The van der Waals surface area contributed by atoms with Gasteiger partial charge in [0.15, 0.2) is 7.26 Å². The van der Waals surface area contributed by atoms with Crippen molar-refractivity contribution >= 4 is 30.4 Å². The Balaban J connectivity index is 0.000000575. The molecule has 0 atom stereocenters. The fourth-order valence-electron chi connectivity index (χ4n) is 3.04. The summed E-state index contributed by atoms with van der Waals surface area (Å²) in [7, 11) is -7.95. The zero-order valence-corrected chi connectivity index (χ0v) is 17.7. The van der Waals surface area contributed by atoms with Crippen molar-refractivity contribution < 1.29 is 17.3 Å². The molecule has 0 aliphatic heterocycles. The van der Waals surface area contributed by atoms with Gasteiger partial charge in [-0.1, -0.05) is 73.9 Å². The Morgan fingerprint density at radius 1 is 0.667 bits per heavy atom. The standard InChI is InChI=1S/C24H24P.BF4/c1-2-3-4-14-21-25(22-15-8-5-9-16-22,23-17-10-6-11-18-23)24-19-12-7-13-20-24;2-1(3,4)5/h5-13,15-20H,2-4H2,1H3;/q+1;-1. The van der Waals surface area contributed by atoms with Gasteiger partial charge in [-0.3, -0.25) is 0 Å². The minimum Gasteiger partial charge on any atom is -0.418 e. The molecule has 0 aliphatic carbocycles. The number of benzene rings is 3. The highest BCUT2D eigenvalue weighted by molar-refractivity contribution is 7.99. The summed E-state index contributed by atoms with van der Waals surface area (Å²) in [6, 6.07) is 32.4. The quantitative estimate of drug-likeness (QED) is 0.144. The number of halogens is 4. The number of unbranched alkanes of at least 4 members (excludes halogenated alkanes) is 2. The molecular formula is C24H24BF4P. The Kier molecular flexibility index (Phi) is 9.15. The molecule has 0 aromatic heterocycles. The third kappa shape index (κ3) is 7.04. The summed E-state index contributed by atoms with van der Waals surface area (Å²) in [4.78, 5) is 0. The second-order valence-electron chi connectivity index (χ2n) is 6.56. The van der Waals surface area contributed by atoms with Crippen LogP contribution in [0.15, 0.2) is 91.0 Å². The van der Waals surface area contributed by atoms with Crippen LogP contribution in [0.4, 0.5) is 17.3 Å². The summed E-state index contributed by atoms with van der Waals surface area (Å²) in [5.41, 5.74) is 3.78. The highest BCUT2D eigenvalue weighted by atomic mass is 31.2. The maximum Gasteiger partial charge on any atom is 0.673 e. The van der Waals surface area contributed by atoms with Gasteiger partial charge in [0.2, 0.25) is 0 Å². The molecule has 3 aromatic rings.